The van der Waals surface area contributed by atoms with E-state index in [-0.39, 0.29) is 5.54 Å². The Labute approximate surface area is 116 Å². The van der Waals surface area contributed by atoms with Gasteiger partial charge in [-0.3, -0.25) is 0 Å². The molecule has 0 spiro atoms. The van der Waals surface area contributed by atoms with Gasteiger partial charge in [-0.25, -0.2) is 0 Å². The lowest BCUT2D eigenvalue weighted by Crippen LogP contribution is -2.46. The summed E-state index contributed by atoms with van der Waals surface area (Å²) in [5.74, 6) is 0. The molecule has 1 rings (SSSR count). The molecule has 3 N–H and O–H groups in total. The van der Waals surface area contributed by atoms with Crippen LogP contribution in [0.1, 0.15) is 33.3 Å². The van der Waals surface area contributed by atoms with Crippen LogP contribution in [0.3, 0.4) is 0 Å². The van der Waals surface area contributed by atoms with Crippen LogP contribution in [0.25, 0.3) is 0 Å². The van der Waals surface area contributed by atoms with Gasteiger partial charge in [0.15, 0.2) is 0 Å². The summed E-state index contributed by atoms with van der Waals surface area (Å²) in [5.41, 5.74) is 7.10. The molecule has 0 radical (unpaired) electrons. The van der Waals surface area contributed by atoms with Gasteiger partial charge < -0.3 is 11.1 Å². The molecule has 0 fully saturated rings. The van der Waals surface area contributed by atoms with Crippen molar-refractivity contribution in [1.82, 2.24) is 5.32 Å². The van der Waals surface area contributed by atoms with Gasteiger partial charge in [-0.15, -0.1) is 11.8 Å². The van der Waals surface area contributed by atoms with Crippen molar-refractivity contribution in [2.75, 3.05) is 13.1 Å². The van der Waals surface area contributed by atoms with Crippen molar-refractivity contribution >= 4 is 11.8 Å². The van der Waals surface area contributed by atoms with E-state index in [2.05, 4.69) is 57.3 Å². The van der Waals surface area contributed by atoms with Gasteiger partial charge in [0.1, 0.15) is 0 Å². The zero-order valence-electron chi connectivity index (χ0n) is 12.0. The van der Waals surface area contributed by atoms with Crippen LogP contribution < -0.4 is 11.1 Å². The molecule has 0 unspecified atom stereocenters. The van der Waals surface area contributed by atoms with Crippen molar-refractivity contribution in [1.29, 1.82) is 0 Å². The first kappa shape index (κ1) is 15.5. The van der Waals surface area contributed by atoms with E-state index in [1.54, 1.807) is 0 Å². The Balaban J connectivity index is 2.40. The summed E-state index contributed by atoms with van der Waals surface area (Å²) in [7, 11) is 0. The molecule has 0 aliphatic carbocycles. The molecule has 0 heterocycles. The molecule has 0 atom stereocenters. The minimum Gasteiger partial charge on any atom is -0.329 e. The topological polar surface area (TPSA) is 38.0 Å². The van der Waals surface area contributed by atoms with Crippen LogP contribution in [0.4, 0.5) is 0 Å². The number of rotatable bonds is 7. The number of nitrogens with one attached hydrogen (secondary N) is 1. The SMILES string of the molecule is CC(C)Sc1ccc(CCNC(C)(C)CN)cc1. The maximum absolute atomic E-state index is 5.69. The molecular weight excluding hydrogens is 240 g/mol. The smallest absolute Gasteiger partial charge is 0.0247 e. The van der Waals surface area contributed by atoms with Crippen molar-refractivity contribution in [3.63, 3.8) is 0 Å². The molecule has 0 aliphatic heterocycles. The first-order chi connectivity index (χ1) is 8.43. The lowest BCUT2D eigenvalue weighted by molar-refractivity contribution is 0.402. The Morgan fingerprint density at radius 1 is 1.22 bits per heavy atom. The van der Waals surface area contributed by atoms with Gasteiger partial charge in [0, 0.05) is 22.2 Å². The second-order valence-corrected chi connectivity index (χ2v) is 7.23. The molecular formula is C15H26N2S. The van der Waals surface area contributed by atoms with Gasteiger partial charge in [-0.05, 0) is 44.5 Å². The molecule has 102 valence electrons. The fourth-order valence-corrected chi connectivity index (χ4v) is 2.46. The van der Waals surface area contributed by atoms with Gasteiger partial charge in [0.25, 0.3) is 0 Å². The number of thioether (sulfide) groups is 1. The Kier molecular flexibility index (Phi) is 6.19. The fraction of sp³-hybridized carbons (Fsp3) is 0.600. The summed E-state index contributed by atoms with van der Waals surface area (Å²) in [6.07, 6.45) is 1.05. The first-order valence-corrected chi connectivity index (χ1v) is 7.51. The maximum atomic E-state index is 5.69. The third-order valence-corrected chi connectivity index (χ3v) is 3.84. The second kappa shape index (κ2) is 7.17. The summed E-state index contributed by atoms with van der Waals surface area (Å²) in [6.45, 7) is 10.3. The molecule has 0 saturated carbocycles. The van der Waals surface area contributed by atoms with Crippen LogP contribution in [0.5, 0.6) is 0 Å². The van der Waals surface area contributed by atoms with Crippen LogP contribution in [0.2, 0.25) is 0 Å². The van der Waals surface area contributed by atoms with E-state index in [1.807, 2.05) is 11.8 Å². The summed E-state index contributed by atoms with van der Waals surface area (Å²) in [6, 6.07) is 8.88. The standard InChI is InChI=1S/C15H26N2S/c1-12(2)18-14-7-5-13(6-8-14)9-10-17-15(3,4)11-16/h5-8,12,17H,9-11,16H2,1-4H3. The molecule has 1 aromatic carbocycles. The highest BCUT2D eigenvalue weighted by molar-refractivity contribution is 7.99. The predicted octanol–water partition coefficient (Wildman–Crippen LogP) is 3.06. The third kappa shape index (κ3) is 5.89. The fourth-order valence-electron chi connectivity index (χ4n) is 1.62. The predicted molar refractivity (Wildman–Crippen MR) is 82.3 cm³/mol. The number of hydrogen-bond donors (Lipinski definition) is 2. The number of nitrogens with two attached hydrogens (primary N) is 1. The molecule has 3 heteroatoms. The van der Waals surface area contributed by atoms with Gasteiger partial charge >= 0.3 is 0 Å². The highest BCUT2D eigenvalue weighted by atomic mass is 32.2. The number of hydrogen-bond acceptors (Lipinski definition) is 3. The summed E-state index contributed by atoms with van der Waals surface area (Å²) >= 11 is 1.91. The minimum atomic E-state index is 0.0352. The molecule has 0 saturated heterocycles. The van der Waals surface area contributed by atoms with Crippen LogP contribution in [0.15, 0.2) is 29.2 Å². The minimum absolute atomic E-state index is 0.0352. The van der Waals surface area contributed by atoms with E-state index in [0.29, 0.717) is 11.8 Å². The molecule has 1 aromatic rings. The van der Waals surface area contributed by atoms with Crippen molar-refractivity contribution in [3.8, 4) is 0 Å². The van der Waals surface area contributed by atoms with E-state index in [0.717, 1.165) is 13.0 Å². The van der Waals surface area contributed by atoms with Crippen LogP contribution in [-0.4, -0.2) is 23.9 Å². The second-order valence-electron chi connectivity index (χ2n) is 5.58. The van der Waals surface area contributed by atoms with Gasteiger partial charge in [-0.2, -0.15) is 0 Å². The highest BCUT2D eigenvalue weighted by Crippen LogP contribution is 2.22. The zero-order valence-corrected chi connectivity index (χ0v) is 12.8. The Morgan fingerprint density at radius 2 is 1.83 bits per heavy atom. The molecule has 0 aliphatic rings. The van der Waals surface area contributed by atoms with Crippen LogP contribution in [0, 0.1) is 0 Å². The van der Waals surface area contributed by atoms with E-state index in [4.69, 9.17) is 5.73 Å². The van der Waals surface area contributed by atoms with Gasteiger partial charge in [0.2, 0.25) is 0 Å². The molecule has 0 amide bonds. The average Bonchev–Trinajstić information content (AvgIpc) is 2.30. The molecule has 0 bridgehead atoms. The van der Waals surface area contributed by atoms with Crippen molar-refractivity contribution in [3.05, 3.63) is 29.8 Å². The van der Waals surface area contributed by atoms with Gasteiger partial charge in [0.05, 0.1) is 0 Å². The first-order valence-electron chi connectivity index (χ1n) is 6.63. The highest BCUT2D eigenvalue weighted by Gasteiger charge is 2.13. The molecule has 18 heavy (non-hydrogen) atoms. The largest absolute Gasteiger partial charge is 0.329 e. The average molecular weight is 266 g/mol. The van der Waals surface area contributed by atoms with Crippen LogP contribution >= 0.6 is 11.8 Å². The van der Waals surface area contributed by atoms with Gasteiger partial charge in [-0.1, -0.05) is 26.0 Å². The van der Waals surface area contributed by atoms with E-state index in [1.165, 1.54) is 10.5 Å². The maximum Gasteiger partial charge on any atom is 0.0247 e. The van der Waals surface area contributed by atoms with E-state index >= 15 is 0 Å². The number of benzene rings is 1. The summed E-state index contributed by atoms with van der Waals surface area (Å²) in [4.78, 5) is 1.35. The lowest BCUT2D eigenvalue weighted by atomic mass is 10.1. The van der Waals surface area contributed by atoms with Crippen molar-refractivity contribution in [2.45, 2.75) is 49.8 Å². The lowest BCUT2D eigenvalue weighted by Gasteiger charge is -2.24. The monoisotopic (exact) mass is 266 g/mol. The van der Waals surface area contributed by atoms with E-state index < -0.39 is 0 Å². The van der Waals surface area contributed by atoms with Crippen molar-refractivity contribution < 1.29 is 0 Å². The quantitative estimate of drug-likeness (QED) is 0.745. The normalized spacial score (nSPS) is 12.1. The molecule has 2 nitrogen and oxygen atoms in total. The molecule has 0 aromatic heterocycles. The van der Waals surface area contributed by atoms with Crippen molar-refractivity contribution in [2.24, 2.45) is 5.73 Å². The summed E-state index contributed by atoms with van der Waals surface area (Å²) < 4.78 is 0. The third-order valence-electron chi connectivity index (χ3n) is 2.82. The summed E-state index contributed by atoms with van der Waals surface area (Å²) in [5, 5.41) is 4.12. The van der Waals surface area contributed by atoms with Crippen LogP contribution in [-0.2, 0) is 6.42 Å². The van der Waals surface area contributed by atoms with E-state index in [9.17, 15) is 0 Å². The Bertz CT molecular complexity index is 344. The zero-order chi connectivity index (χ0) is 13.6. The Morgan fingerprint density at radius 3 is 2.33 bits per heavy atom. The Hall–Kier alpha value is -0.510.